The predicted octanol–water partition coefficient (Wildman–Crippen LogP) is 2.67. The lowest BCUT2D eigenvalue weighted by molar-refractivity contribution is 1.14. The Morgan fingerprint density at radius 3 is 2.93 bits per heavy atom. The molecule has 2 aromatic rings. The van der Waals surface area contributed by atoms with E-state index in [1.165, 1.54) is 5.56 Å². The standard InChI is InChI=1S/C12H10N2/c1-2-9-3-4-10-5-6-14-12(8-13)11(10)7-9/h3-7H,2H2,1H3. The molecule has 2 heteroatoms. The Balaban J connectivity index is 2.78. The fourth-order valence-corrected chi connectivity index (χ4v) is 1.52. The van der Waals surface area contributed by atoms with Crippen LogP contribution < -0.4 is 0 Å². The molecule has 0 spiro atoms. The van der Waals surface area contributed by atoms with E-state index in [9.17, 15) is 0 Å². The van der Waals surface area contributed by atoms with Crippen LogP contribution in [0.15, 0.2) is 30.5 Å². The van der Waals surface area contributed by atoms with Crippen LogP contribution in [0.3, 0.4) is 0 Å². The van der Waals surface area contributed by atoms with Crippen molar-refractivity contribution in [3.05, 3.63) is 41.7 Å². The first-order chi connectivity index (χ1) is 6.85. The molecule has 0 radical (unpaired) electrons. The monoisotopic (exact) mass is 182 g/mol. The van der Waals surface area contributed by atoms with Crippen molar-refractivity contribution in [3.63, 3.8) is 0 Å². The highest BCUT2D eigenvalue weighted by molar-refractivity contribution is 5.86. The molecule has 0 N–H and O–H groups in total. The van der Waals surface area contributed by atoms with Crippen LogP contribution in [0, 0.1) is 11.3 Å². The molecule has 2 nitrogen and oxygen atoms in total. The van der Waals surface area contributed by atoms with Gasteiger partial charge < -0.3 is 0 Å². The van der Waals surface area contributed by atoms with Gasteiger partial charge in [0.1, 0.15) is 11.8 Å². The molecule has 0 aliphatic rings. The molecule has 2 rings (SSSR count). The van der Waals surface area contributed by atoms with Crippen LogP contribution >= 0.6 is 0 Å². The first kappa shape index (κ1) is 8.71. The minimum atomic E-state index is 0.512. The number of nitrogens with zero attached hydrogens (tertiary/aromatic N) is 2. The molecule has 14 heavy (non-hydrogen) atoms. The number of aryl methyl sites for hydroxylation is 1. The zero-order valence-electron chi connectivity index (χ0n) is 7.99. The number of hydrogen-bond donors (Lipinski definition) is 0. The molecule has 0 amide bonds. The average Bonchev–Trinajstić information content (AvgIpc) is 2.27. The van der Waals surface area contributed by atoms with Gasteiger partial charge in [-0.3, -0.25) is 0 Å². The molecule has 0 aliphatic carbocycles. The van der Waals surface area contributed by atoms with E-state index in [0.29, 0.717) is 5.69 Å². The van der Waals surface area contributed by atoms with Crippen LogP contribution in [0.2, 0.25) is 0 Å². The van der Waals surface area contributed by atoms with Gasteiger partial charge in [0.25, 0.3) is 0 Å². The van der Waals surface area contributed by atoms with Crippen molar-refractivity contribution >= 4 is 10.8 Å². The molecule has 0 saturated carbocycles. The minimum absolute atomic E-state index is 0.512. The molecule has 0 unspecified atom stereocenters. The molecule has 0 aliphatic heterocycles. The van der Waals surface area contributed by atoms with E-state index in [0.717, 1.165) is 17.2 Å². The van der Waals surface area contributed by atoms with Crippen molar-refractivity contribution in [2.24, 2.45) is 0 Å². The molecule has 1 aromatic carbocycles. The maximum absolute atomic E-state index is 8.89. The molecule has 0 atom stereocenters. The zero-order chi connectivity index (χ0) is 9.97. The number of hydrogen-bond acceptors (Lipinski definition) is 2. The highest BCUT2D eigenvalue weighted by Gasteiger charge is 2.01. The molecule has 1 aromatic heterocycles. The van der Waals surface area contributed by atoms with Crippen molar-refractivity contribution in [3.8, 4) is 6.07 Å². The van der Waals surface area contributed by atoms with Gasteiger partial charge >= 0.3 is 0 Å². The summed E-state index contributed by atoms with van der Waals surface area (Å²) in [4.78, 5) is 4.04. The third-order valence-electron chi connectivity index (χ3n) is 2.34. The maximum Gasteiger partial charge on any atom is 0.148 e. The third kappa shape index (κ3) is 1.33. The van der Waals surface area contributed by atoms with Gasteiger partial charge in [-0.2, -0.15) is 5.26 Å². The van der Waals surface area contributed by atoms with E-state index in [1.54, 1.807) is 6.20 Å². The fraction of sp³-hybridized carbons (Fsp3) is 0.167. The summed E-state index contributed by atoms with van der Waals surface area (Å²) in [6, 6.07) is 10.2. The second-order valence-electron chi connectivity index (χ2n) is 3.18. The normalized spacial score (nSPS) is 10.0. The van der Waals surface area contributed by atoms with E-state index in [4.69, 9.17) is 5.26 Å². The topological polar surface area (TPSA) is 36.7 Å². The summed E-state index contributed by atoms with van der Waals surface area (Å²) in [5, 5.41) is 10.9. The Labute approximate surface area is 82.8 Å². The smallest absolute Gasteiger partial charge is 0.148 e. The van der Waals surface area contributed by atoms with Gasteiger partial charge in [0.15, 0.2) is 0 Å². The molecule has 68 valence electrons. The van der Waals surface area contributed by atoms with Crippen molar-refractivity contribution in [1.82, 2.24) is 4.98 Å². The number of pyridine rings is 1. The predicted molar refractivity (Wildman–Crippen MR) is 55.8 cm³/mol. The molecular weight excluding hydrogens is 172 g/mol. The van der Waals surface area contributed by atoms with Gasteiger partial charge in [0, 0.05) is 11.6 Å². The Bertz CT molecular complexity index is 509. The van der Waals surface area contributed by atoms with Crippen LogP contribution in [0.4, 0.5) is 0 Å². The maximum atomic E-state index is 8.89. The zero-order valence-corrected chi connectivity index (χ0v) is 7.99. The number of nitriles is 1. The fourth-order valence-electron chi connectivity index (χ4n) is 1.52. The summed E-state index contributed by atoms with van der Waals surface area (Å²) in [6.45, 7) is 2.10. The second kappa shape index (κ2) is 3.47. The largest absolute Gasteiger partial charge is 0.245 e. The van der Waals surface area contributed by atoms with Gasteiger partial charge in [-0.25, -0.2) is 4.98 Å². The number of benzene rings is 1. The summed E-state index contributed by atoms with van der Waals surface area (Å²) in [7, 11) is 0. The van der Waals surface area contributed by atoms with Crippen molar-refractivity contribution in [2.75, 3.05) is 0 Å². The van der Waals surface area contributed by atoms with Crippen molar-refractivity contribution < 1.29 is 0 Å². The first-order valence-corrected chi connectivity index (χ1v) is 4.63. The Morgan fingerprint density at radius 2 is 2.21 bits per heavy atom. The third-order valence-corrected chi connectivity index (χ3v) is 2.34. The van der Waals surface area contributed by atoms with Crippen LogP contribution in [0.1, 0.15) is 18.2 Å². The van der Waals surface area contributed by atoms with Gasteiger partial charge in [0.2, 0.25) is 0 Å². The van der Waals surface area contributed by atoms with E-state index < -0.39 is 0 Å². The highest BCUT2D eigenvalue weighted by Crippen LogP contribution is 2.18. The Hall–Kier alpha value is -1.88. The second-order valence-corrected chi connectivity index (χ2v) is 3.18. The van der Waals surface area contributed by atoms with E-state index in [2.05, 4.69) is 24.0 Å². The van der Waals surface area contributed by atoms with Gasteiger partial charge in [-0.1, -0.05) is 19.1 Å². The van der Waals surface area contributed by atoms with Crippen LogP contribution in [0.25, 0.3) is 10.8 Å². The summed E-state index contributed by atoms with van der Waals surface area (Å²) >= 11 is 0. The van der Waals surface area contributed by atoms with Crippen molar-refractivity contribution in [2.45, 2.75) is 13.3 Å². The molecule has 0 fully saturated rings. The minimum Gasteiger partial charge on any atom is -0.245 e. The first-order valence-electron chi connectivity index (χ1n) is 4.63. The SMILES string of the molecule is CCc1ccc2ccnc(C#N)c2c1. The van der Waals surface area contributed by atoms with Gasteiger partial charge in [-0.15, -0.1) is 0 Å². The summed E-state index contributed by atoms with van der Waals surface area (Å²) in [5.74, 6) is 0. The molecular formula is C12H10N2. The summed E-state index contributed by atoms with van der Waals surface area (Å²) < 4.78 is 0. The molecule has 0 saturated heterocycles. The van der Waals surface area contributed by atoms with E-state index in [1.807, 2.05) is 18.2 Å². The van der Waals surface area contributed by atoms with E-state index >= 15 is 0 Å². The Morgan fingerprint density at radius 1 is 1.36 bits per heavy atom. The number of aromatic nitrogens is 1. The lowest BCUT2D eigenvalue weighted by Gasteiger charge is -2.01. The number of fused-ring (bicyclic) bond motifs is 1. The van der Waals surface area contributed by atoms with Gasteiger partial charge in [0.05, 0.1) is 0 Å². The molecule has 0 bridgehead atoms. The van der Waals surface area contributed by atoms with E-state index in [-0.39, 0.29) is 0 Å². The lowest BCUT2D eigenvalue weighted by atomic mass is 10.1. The molecule has 1 heterocycles. The van der Waals surface area contributed by atoms with Crippen LogP contribution in [0.5, 0.6) is 0 Å². The van der Waals surface area contributed by atoms with Crippen molar-refractivity contribution in [1.29, 1.82) is 5.26 Å². The average molecular weight is 182 g/mol. The quantitative estimate of drug-likeness (QED) is 0.679. The summed E-state index contributed by atoms with van der Waals surface area (Å²) in [6.07, 6.45) is 2.65. The lowest BCUT2D eigenvalue weighted by Crippen LogP contribution is -1.86. The Kier molecular flexibility index (Phi) is 2.16. The summed E-state index contributed by atoms with van der Waals surface area (Å²) in [5.41, 5.74) is 1.75. The van der Waals surface area contributed by atoms with Crippen LogP contribution in [-0.2, 0) is 6.42 Å². The number of rotatable bonds is 1. The van der Waals surface area contributed by atoms with Gasteiger partial charge in [-0.05, 0) is 29.5 Å². The van der Waals surface area contributed by atoms with Crippen LogP contribution in [-0.4, -0.2) is 4.98 Å². The highest BCUT2D eigenvalue weighted by atomic mass is 14.7.